The predicted molar refractivity (Wildman–Crippen MR) is 76.8 cm³/mol. The molecule has 0 atom stereocenters. The first-order valence-electron chi connectivity index (χ1n) is 6.91. The fourth-order valence-electron chi connectivity index (χ4n) is 2.54. The molecule has 1 aliphatic heterocycles. The Balaban J connectivity index is 1.75. The summed E-state index contributed by atoms with van der Waals surface area (Å²) in [5.74, 6) is -0.214. The van der Waals surface area contributed by atoms with Crippen LogP contribution in [0.2, 0.25) is 0 Å². The molecule has 0 aliphatic carbocycles. The second kappa shape index (κ2) is 5.73. The molecule has 3 rings (SSSR count). The zero-order chi connectivity index (χ0) is 13.9. The van der Waals surface area contributed by atoms with Gasteiger partial charge >= 0.3 is 0 Å². The third-order valence-corrected chi connectivity index (χ3v) is 3.84. The van der Waals surface area contributed by atoms with Crippen molar-refractivity contribution in [3.63, 3.8) is 0 Å². The van der Waals surface area contributed by atoms with E-state index < -0.39 is 0 Å². The molecule has 1 aromatic heterocycles. The van der Waals surface area contributed by atoms with Crippen LogP contribution in [0.1, 0.15) is 5.56 Å². The molecule has 0 spiro atoms. The van der Waals surface area contributed by atoms with Crippen LogP contribution in [0, 0.1) is 5.82 Å². The predicted octanol–water partition coefficient (Wildman–Crippen LogP) is 1.96. The van der Waals surface area contributed by atoms with Gasteiger partial charge in [0.2, 0.25) is 0 Å². The van der Waals surface area contributed by atoms with Crippen LogP contribution in [0.25, 0.3) is 11.3 Å². The van der Waals surface area contributed by atoms with Gasteiger partial charge in [-0.15, -0.1) is 0 Å². The Labute approximate surface area is 118 Å². The van der Waals surface area contributed by atoms with E-state index in [0.717, 1.165) is 44.0 Å². The Kier molecular flexibility index (Phi) is 3.80. The van der Waals surface area contributed by atoms with Gasteiger partial charge < -0.3 is 4.90 Å². The molecule has 0 unspecified atom stereocenters. The molecule has 0 saturated carbocycles. The van der Waals surface area contributed by atoms with Crippen molar-refractivity contribution in [3.8, 4) is 11.3 Å². The zero-order valence-corrected chi connectivity index (χ0v) is 11.6. The SMILES string of the molecule is CN1CCN(Cc2cn[nH]c2-c2ccc(F)cc2)CC1. The maximum absolute atomic E-state index is 13.0. The number of piperazine rings is 1. The van der Waals surface area contributed by atoms with Crippen LogP contribution < -0.4 is 0 Å². The number of aromatic amines is 1. The second-order valence-electron chi connectivity index (χ2n) is 5.36. The topological polar surface area (TPSA) is 35.2 Å². The average Bonchev–Trinajstić information content (AvgIpc) is 2.90. The fourth-order valence-corrected chi connectivity index (χ4v) is 2.54. The molecule has 1 fully saturated rings. The van der Waals surface area contributed by atoms with Gasteiger partial charge in [0.25, 0.3) is 0 Å². The van der Waals surface area contributed by atoms with Crippen LogP contribution in [0.4, 0.5) is 4.39 Å². The normalized spacial score (nSPS) is 17.5. The summed E-state index contributed by atoms with van der Waals surface area (Å²) >= 11 is 0. The highest BCUT2D eigenvalue weighted by molar-refractivity contribution is 5.62. The van der Waals surface area contributed by atoms with Gasteiger partial charge in [-0.25, -0.2) is 4.39 Å². The standard InChI is InChI=1S/C15H19FN4/c1-19-6-8-20(9-7-19)11-13-10-17-18-15(13)12-2-4-14(16)5-3-12/h2-5,10H,6-9,11H2,1H3,(H,17,18). The van der Waals surface area contributed by atoms with Gasteiger partial charge in [0.15, 0.2) is 0 Å². The van der Waals surface area contributed by atoms with E-state index in [1.54, 1.807) is 12.1 Å². The Bertz CT molecular complexity index is 556. The van der Waals surface area contributed by atoms with Crippen LogP contribution in [0.15, 0.2) is 30.5 Å². The number of nitrogens with zero attached hydrogens (tertiary/aromatic N) is 3. The number of likely N-dealkylation sites (N-methyl/N-ethyl adjacent to an activating group) is 1. The van der Waals surface area contributed by atoms with Crippen LogP contribution in [0.5, 0.6) is 0 Å². The molecule has 2 aromatic rings. The minimum Gasteiger partial charge on any atom is -0.304 e. The number of benzene rings is 1. The monoisotopic (exact) mass is 274 g/mol. The summed E-state index contributed by atoms with van der Waals surface area (Å²) < 4.78 is 13.0. The Hall–Kier alpha value is -1.72. The smallest absolute Gasteiger partial charge is 0.123 e. The summed E-state index contributed by atoms with van der Waals surface area (Å²) in [5, 5.41) is 7.18. The van der Waals surface area contributed by atoms with Gasteiger partial charge in [-0.05, 0) is 31.3 Å². The summed E-state index contributed by atoms with van der Waals surface area (Å²) in [5.41, 5.74) is 3.14. The van der Waals surface area contributed by atoms with Gasteiger partial charge in [0.05, 0.1) is 11.9 Å². The number of rotatable bonds is 3. The molecule has 106 valence electrons. The molecule has 5 heteroatoms. The van der Waals surface area contributed by atoms with Crippen LogP contribution in [-0.2, 0) is 6.54 Å². The summed E-state index contributed by atoms with van der Waals surface area (Å²) in [6.45, 7) is 5.24. The van der Waals surface area contributed by atoms with Crippen molar-refractivity contribution >= 4 is 0 Å². The Morgan fingerprint density at radius 1 is 1.15 bits per heavy atom. The lowest BCUT2D eigenvalue weighted by molar-refractivity contribution is 0.148. The van der Waals surface area contributed by atoms with Crippen LogP contribution in [0.3, 0.4) is 0 Å². The molecule has 1 N–H and O–H groups in total. The van der Waals surface area contributed by atoms with Crippen molar-refractivity contribution in [3.05, 3.63) is 41.8 Å². The molecule has 0 bridgehead atoms. The minimum atomic E-state index is -0.214. The summed E-state index contributed by atoms with van der Waals surface area (Å²) in [6, 6.07) is 6.54. The van der Waals surface area contributed by atoms with E-state index in [-0.39, 0.29) is 5.82 Å². The first kappa shape index (κ1) is 13.3. The highest BCUT2D eigenvalue weighted by Crippen LogP contribution is 2.22. The number of aromatic nitrogens is 2. The van der Waals surface area contributed by atoms with E-state index in [1.165, 1.54) is 17.7 Å². The molecular weight excluding hydrogens is 255 g/mol. The summed E-state index contributed by atoms with van der Waals surface area (Å²) in [7, 11) is 2.15. The summed E-state index contributed by atoms with van der Waals surface area (Å²) in [6.07, 6.45) is 1.87. The maximum atomic E-state index is 13.0. The van der Waals surface area contributed by atoms with E-state index >= 15 is 0 Å². The molecule has 1 aliphatic rings. The third kappa shape index (κ3) is 2.89. The quantitative estimate of drug-likeness (QED) is 0.929. The molecular formula is C15H19FN4. The van der Waals surface area contributed by atoms with Crippen molar-refractivity contribution in [1.82, 2.24) is 20.0 Å². The Morgan fingerprint density at radius 3 is 2.55 bits per heavy atom. The van der Waals surface area contributed by atoms with Crippen molar-refractivity contribution in [1.29, 1.82) is 0 Å². The van der Waals surface area contributed by atoms with Gasteiger partial charge in [0.1, 0.15) is 5.82 Å². The zero-order valence-electron chi connectivity index (χ0n) is 11.6. The second-order valence-corrected chi connectivity index (χ2v) is 5.36. The summed E-state index contributed by atoms with van der Waals surface area (Å²) in [4.78, 5) is 4.77. The lowest BCUT2D eigenvalue weighted by Crippen LogP contribution is -2.43. The first-order valence-corrected chi connectivity index (χ1v) is 6.91. The lowest BCUT2D eigenvalue weighted by atomic mass is 10.1. The van der Waals surface area contributed by atoms with Crippen molar-refractivity contribution in [2.24, 2.45) is 0 Å². The minimum absolute atomic E-state index is 0.214. The Morgan fingerprint density at radius 2 is 1.85 bits per heavy atom. The van der Waals surface area contributed by atoms with E-state index in [9.17, 15) is 4.39 Å². The van der Waals surface area contributed by atoms with Crippen LogP contribution >= 0.6 is 0 Å². The molecule has 0 amide bonds. The van der Waals surface area contributed by atoms with Gasteiger partial charge in [-0.3, -0.25) is 10.00 Å². The maximum Gasteiger partial charge on any atom is 0.123 e. The van der Waals surface area contributed by atoms with Gasteiger partial charge in [-0.1, -0.05) is 0 Å². The molecule has 0 radical (unpaired) electrons. The largest absolute Gasteiger partial charge is 0.304 e. The highest BCUT2D eigenvalue weighted by Gasteiger charge is 2.16. The number of hydrogen-bond acceptors (Lipinski definition) is 3. The number of H-pyrrole nitrogens is 1. The average molecular weight is 274 g/mol. The van der Waals surface area contributed by atoms with Gasteiger partial charge in [0, 0.05) is 43.9 Å². The van der Waals surface area contributed by atoms with Crippen molar-refractivity contribution in [2.75, 3.05) is 33.2 Å². The van der Waals surface area contributed by atoms with Crippen molar-refractivity contribution < 1.29 is 4.39 Å². The number of halogens is 1. The first-order chi connectivity index (χ1) is 9.72. The molecule has 4 nitrogen and oxygen atoms in total. The number of hydrogen-bond donors (Lipinski definition) is 1. The van der Waals surface area contributed by atoms with E-state index in [4.69, 9.17) is 0 Å². The number of nitrogens with one attached hydrogen (secondary N) is 1. The van der Waals surface area contributed by atoms with E-state index in [2.05, 4.69) is 27.0 Å². The molecule has 1 saturated heterocycles. The fraction of sp³-hybridized carbons (Fsp3) is 0.400. The van der Waals surface area contributed by atoms with E-state index in [0.29, 0.717) is 0 Å². The lowest BCUT2D eigenvalue weighted by Gasteiger charge is -2.32. The van der Waals surface area contributed by atoms with Gasteiger partial charge in [-0.2, -0.15) is 5.10 Å². The molecule has 20 heavy (non-hydrogen) atoms. The van der Waals surface area contributed by atoms with Crippen LogP contribution in [-0.4, -0.2) is 53.2 Å². The van der Waals surface area contributed by atoms with E-state index in [1.807, 2.05) is 6.20 Å². The molecule has 1 aromatic carbocycles. The highest BCUT2D eigenvalue weighted by atomic mass is 19.1. The van der Waals surface area contributed by atoms with Crippen molar-refractivity contribution in [2.45, 2.75) is 6.54 Å². The molecule has 2 heterocycles. The third-order valence-electron chi connectivity index (χ3n) is 3.84.